The highest BCUT2D eigenvalue weighted by Crippen LogP contribution is 2.32. The summed E-state index contributed by atoms with van der Waals surface area (Å²) in [5, 5.41) is 0.568. The zero-order valence-corrected chi connectivity index (χ0v) is 11.2. The van der Waals surface area contributed by atoms with Gasteiger partial charge in [-0.2, -0.15) is 0 Å². The van der Waals surface area contributed by atoms with Crippen LogP contribution in [0.3, 0.4) is 0 Å². The topological polar surface area (TPSA) is 58.6 Å². The molecule has 1 aliphatic rings. The first kappa shape index (κ1) is 12.4. The van der Waals surface area contributed by atoms with E-state index in [4.69, 9.17) is 11.6 Å². The molecule has 0 bridgehead atoms. The van der Waals surface area contributed by atoms with Gasteiger partial charge in [0.15, 0.2) is 5.82 Å². The third kappa shape index (κ3) is 2.68. The molecule has 0 radical (unpaired) electrons. The largest absolute Gasteiger partial charge is 0.305 e. The summed E-state index contributed by atoms with van der Waals surface area (Å²) in [4.78, 5) is 23.2. The Bertz CT molecular complexity index is 630. The first-order chi connectivity index (χ1) is 9.22. The molecule has 98 valence electrons. The van der Waals surface area contributed by atoms with Gasteiger partial charge in [-0.25, -0.2) is 4.98 Å². The Morgan fingerprint density at radius 3 is 2.74 bits per heavy atom. The normalized spacial score (nSPS) is 15.8. The van der Waals surface area contributed by atoms with Gasteiger partial charge in [-0.3, -0.25) is 9.78 Å². The molecule has 0 amide bonds. The molecule has 3 rings (SSSR count). The van der Waals surface area contributed by atoms with Gasteiger partial charge in [0.1, 0.15) is 5.69 Å². The van der Waals surface area contributed by atoms with Crippen molar-refractivity contribution in [3.63, 3.8) is 0 Å². The summed E-state index contributed by atoms with van der Waals surface area (Å²) in [5.41, 5.74) is 1.40. The minimum absolute atomic E-state index is 0.122. The number of hydrogen-bond donors (Lipinski definition) is 1. The lowest BCUT2D eigenvalue weighted by Gasteiger charge is -2.09. The summed E-state index contributed by atoms with van der Waals surface area (Å²) in [6.45, 7) is 0. The van der Waals surface area contributed by atoms with Crippen LogP contribution in [0.5, 0.6) is 0 Å². The maximum absolute atomic E-state index is 11.8. The van der Waals surface area contributed by atoms with E-state index < -0.39 is 0 Å². The van der Waals surface area contributed by atoms with E-state index in [1.54, 1.807) is 24.4 Å². The highest BCUT2D eigenvalue weighted by atomic mass is 35.5. The molecule has 5 heteroatoms. The molecule has 1 aliphatic carbocycles. The molecule has 0 aromatic carbocycles. The monoisotopic (exact) mass is 275 g/mol. The molecule has 0 spiro atoms. The second-order valence-electron chi connectivity index (χ2n) is 4.86. The SMILES string of the molecule is O=c1cc(C2CCCC2)nc(-c2ccc(Cl)cn2)[nH]1. The van der Waals surface area contributed by atoms with Gasteiger partial charge in [0.05, 0.1) is 10.7 Å². The number of hydrogen-bond acceptors (Lipinski definition) is 3. The van der Waals surface area contributed by atoms with E-state index in [1.165, 1.54) is 12.8 Å². The average molecular weight is 276 g/mol. The Hall–Kier alpha value is -1.68. The quantitative estimate of drug-likeness (QED) is 0.916. The van der Waals surface area contributed by atoms with Crippen LogP contribution in [0.15, 0.2) is 29.2 Å². The number of halogens is 1. The Labute approximate surface area is 115 Å². The third-order valence-electron chi connectivity index (χ3n) is 3.50. The fourth-order valence-electron chi connectivity index (χ4n) is 2.54. The minimum atomic E-state index is -0.122. The number of nitrogens with zero attached hydrogens (tertiary/aromatic N) is 2. The molecule has 1 saturated carbocycles. The highest BCUT2D eigenvalue weighted by molar-refractivity contribution is 6.30. The molecule has 2 aromatic heterocycles. The Kier molecular flexibility index (Phi) is 3.34. The van der Waals surface area contributed by atoms with E-state index in [9.17, 15) is 4.79 Å². The van der Waals surface area contributed by atoms with Crippen molar-refractivity contribution in [1.82, 2.24) is 15.0 Å². The predicted octanol–water partition coefficient (Wildman–Crippen LogP) is 3.14. The minimum Gasteiger partial charge on any atom is -0.305 e. The number of pyridine rings is 1. The van der Waals surface area contributed by atoms with E-state index in [0.717, 1.165) is 18.5 Å². The summed E-state index contributed by atoms with van der Waals surface area (Å²) in [6.07, 6.45) is 6.22. The van der Waals surface area contributed by atoms with Crippen LogP contribution in [0.25, 0.3) is 11.5 Å². The van der Waals surface area contributed by atoms with Crippen LogP contribution < -0.4 is 5.56 Å². The van der Waals surface area contributed by atoms with Gasteiger partial charge in [-0.15, -0.1) is 0 Å². The molecule has 0 unspecified atom stereocenters. The molecule has 19 heavy (non-hydrogen) atoms. The van der Waals surface area contributed by atoms with Crippen molar-refractivity contribution >= 4 is 11.6 Å². The van der Waals surface area contributed by atoms with Crippen LogP contribution >= 0.6 is 11.6 Å². The zero-order chi connectivity index (χ0) is 13.2. The van der Waals surface area contributed by atoms with E-state index in [-0.39, 0.29) is 5.56 Å². The first-order valence-electron chi connectivity index (χ1n) is 6.45. The van der Waals surface area contributed by atoms with Crippen LogP contribution in [0, 0.1) is 0 Å². The van der Waals surface area contributed by atoms with E-state index in [0.29, 0.717) is 22.5 Å². The second-order valence-corrected chi connectivity index (χ2v) is 5.30. The number of aromatic amines is 1. The van der Waals surface area contributed by atoms with Crippen LogP contribution in [0.1, 0.15) is 37.3 Å². The molecular weight excluding hydrogens is 262 g/mol. The van der Waals surface area contributed by atoms with Crippen molar-refractivity contribution in [2.45, 2.75) is 31.6 Å². The van der Waals surface area contributed by atoms with Crippen LogP contribution in [0.2, 0.25) is 5.02 Å². The molecule has 1 N–H and O–H groups in total. The van der Waals surface area contributed by atoms with Crippen LogP contribution in [0.4, 0.5) is 0 Å². The maximum atomic E-state index is 11.8. The summed E-state index contributed by atoms with van der Waals surface area (Å²) in [7, 11) is 0. The summed E-state index contributed by atoms with van der Waals surface area (Å²) in [6, 6.07) is 5.11. The van der Waals surface area contributed by atoms with Gasteiger partial charge in [-0.05, 0) is 25.0 Å². The zero-order valence-electron chi connectivity index (χ0n) is 10.4. The molecular formula is C14H14ClN3O. The van der Waals surface area contributed by atoms with Gasteiger partial charge >= 0.3 is 0 Å². The Morgan fingerprint density at radius 1 is 1.26 bits per heavy atom. The fourth-order valence-corrected chi connectivity index (χ4v) is 2.66. The lowest BCUT2D eigenvalue weighted by Crippen LogP contribution is -2.12. The molecule has 1 fully saturated rings. The Balaban J connectivity index is 2.01. The van der Waals surface area contributed by atoms with Gasteiger partial charge in [0.2, 0.25) is 0 Å². The first-order valence-corrected chi connectivity index (χ1v) is 6.83. The van der Waals surface area contributed by atoms with E-state index in [1.807, 2.05) is 0 Å². The lowest BCUT2D eigenvalue weighted by atomic mass is 10.0. The Morgan fingerprint density at radius 2 is 2.05 bits per heavy atom. The van der Waals surface area contributed by atoms with Crippen molar-refractivity contribution in [3.8, 4) is 11.5 Å². The average Bonchev–Trinajstić information content (AvgIpc) is 2.93. The maximum Gasteiger partial charge on any atom is 0.251 e. The van der Waals surface area contributed by atoms with Gasteiger partial charge in [0, 0.05) is 18.2 Å². The third-order valence-corrected chi connectivity index (χ3v) is 3.73. The fraction of sp³-hybridized carbons (Fsp3) is 0.357. The van der Waals surface area contributed by atoms with Gasteiger partial charge in [0.25, 0.3) is 5.56 Å². The number of nitrogens with one attached hydrogen (secondary N) is 1. The van der Waals surface area contributed by atoms with Gasteiger partial charge < -0.3 is 4.98 Å². The van der Waals surface area contributed by atoms with Crippen molar-refractivity contribution < 1.29 is 0 Å². The molecule has 0 saturated heterocycles. The van der Waals surface area contributed by atoms with Crippen molar-refractivity contribution in [1.29, 1.82) is 0 Å². The summed E-state index contributed by atoms with van der Waals surface area (Å²) < 4.78 is 0. The molecule has 0 atom stereocenters. The van der Waals surface area contributed by atoms with Crippen LogP contribution in [-0.2, 0) is 0 Å². The molecule has 0 aliphatic heterocycles. The molecule has 4 nitrogen and oxygen atoms in total. The van der Waals surface area contributed by atoms with Crippen molar-refractivity contribution in [3.05, 3.63) is 45.5 Å². The number of H-pyrrole nitrogens is 1. The van der Waals surface area contributed by atoms with Crippen molar-refractivity contribution in [2.24, 2.45) is 0 Å². The van der Waals surface area contributed by atoms with Crippen molar-refractivity contribution in [2.75, 3.05) is 0 Å². The van der Waals surface area contributed by atoms with E-state index >= 15 is 0 Å². The standard InChI is InChI=1S/C14H14ClN3O/c15-10-5-6-11(16-8-10)14-17-12(7-13(19)18-14)9-3-1-2-4-9/h5-9H,1-4H2,(H,17,18,19). The second kappa shape index (κ2) is 5.13. The predicted molar refractivity (Wildman–Crippen MR) is 74.3 cm³/mol. The highest BCUT2D eigenvalue weighted by Gasteiger charge is 2.19. The number of rotatable bonds is 2. The summed E-state index contributed by atoms with van der Waals surface area (Å²) >= 11 is 5.81. The molecule has 2 aromatic rings. The molecule has 2 heterocycles. The van der Waals surface area contributed by atoms with E-state index in [2.05, 4.69) is 15.0 Å². The van der Waals surface area contributed by atoms with Gasteiger partial charge in [-0.1, -0.05) is 24.4 Å². The summed E-state index contributed by atoms with van der Waals surface area (Å²) in [5.74, 6) is 0.930. The number of aromatic nitrogens is 3. The lowest BCUT2D eigenvalue weighted by molar-refractivity contribution is 0.693. The smallest absolute Gasteiger partial charge is 0.251 e. The van der Waals surface area contributed by atoms with Crippen LogP contribution in [-0.4, -0.2) is 15.0 Å².